The average molecular weight is 422 g/mol. The van der Waals surface area contributed by atoms with E-state index >= 15 is 0 Å². The molecule has 1 fully saturated rings. The minimum Gasteiger partial charge on any atom is -0.356 e. The lowest BCUT2D eigenvalue weighted by molar-refractivity contribution is -0.128. The van der Waals surface area contributed by atoms with Crippen molar-refractivity contribution in [2.45, 2.75) is 32.4 Å². The first-order chi connectivity index (χ1) is 15.1. The van der Waals surface area contributed by atoms with E-state index in [-0.39, 0.29) is 11.8 Å². The summed E-state index contributed by atoms with van der Waals surface area (Å²) in [6.07, 6.45) is 2.41. The molecule has 0 saturated carbocycles. The number of nitrogens with zero attached hydrogens (tertiary/aromatic N) is 2. The van der Waals surface area contributed by atoms with Gasteiger partial charge >= 0.3 is 0 Å². The molecule has 7 nitrogen and oxygen atoms in total. The highest BCUT2D eigenvalue weighted by atomic mass is 16.2. The molecule has 3 rings (SSSR count). The number of benzene rings is 2. The maximum Gasteiger partial charge on any atom is 0.251 e. The van der Waals surface area contributed by atoms with Crippen LogP contribution in [0.4, 0.5) is 0 Å². The Bertz CT molecular complexity index is 941. The average Bonchev–Trinajstić information content (AvgIpc) is 3.20. The second kappa shape index (κ2) is 11.2. The van der Waals surface area contributed by atoms with Crippen molar-refractivity contribution in [2.75, 3.05) is 27.2 Å². The van der Waals surface area contributed by atoms with E-state index in [1.165, 1.54) is 0 Å². The largest absolute Gasteiger partial charge is 0.356 e. The summed E-state index contributed by atoms with van der Waals surface area (Å²) < 4.78 is 0. The van der Waals surface area contributed by atoms with Crippen molar-refractivity contribution in [3.05, 3.63) is 70.8 Å². The molecule has 1 heterocycles. The van der Waals surface area contributed by atoms with Crippen molar-refractivity contribution >= 4 is 17.8 Å². The summed E-state index contributed by atoms with van der Waals surface area (Å²) in [6, 6.07) is 15.9. The van der Waals surface area contributed by atoms with Crippen LogP contribution in [0.3, 0.4) is 0 Å². The molecular formula is C24H31N5O2. The zero-order valence-corrected chi connectivity index (χ0v) is 18.3. The van der Waals surface area contributed by atoms with Gasteiger partial charge in [0.05, 0.1) is 0 Å². The van der Waals surface area contributed by atoms with Gasteiger partial charge in [-0.25, -0.2) is 0 Å². The van der Waals surface area contributed by atoms with E-state index in [4.69, 9.17) is 0 Å². The molecule has 2 aromatic rings. The third-order valence-corrected chi connectivity index (χ3v) is 5.34. The lowest BCUT2D eigenvalue weighted by atomic mass is 10.1. The molecule has 164 valence electrons. The molecule has 0 unspecified atom stereocenters. The van der Waals surface area contributed by atoms with Crippen molar-refractivity contribution in [1.29, 1.82) is 0 Å². The Morgan fingerprint density at radius 3 is 2.58 bits per heavy atom. The van der Waals surface area contributed by atoms with Gasteiger partial charge in [-0.2, -0.15) is 0 Å². The van der Waals surface area contributed by atoms with Gasteiger partial charge in [0, 0.05) is 52.3 Å². The van der Waals surface area contributed by atoms with E-state index < -0.39 is 0 Å². The minimum atomic E-state index is -0.0800. The lowest BCUT2D eigenvalue weighted by Crippen LogP contribution is -2.37. The topological polar surface area (TPSA) is 85.8 Å². The van der Waals surface area contributed by atoms with E-state index in [9.17, 15) is 9.59 Å². The van der Waals surface area contributed by atoms with Crippen LogP contribution < -0.4 is 16.0 Å². The molecular weight excluding hydrogens is 390 g/mol. The smallest absolute Gasteiger partial charge is 0.251 e. The van der Waals surface area contributed by atoms with E-state index in [1.54, 1.807) is 14.1 Å². The van der Waals surface area contributed by atoms with Crippen LogP contribution in [0.25, 0.3) is 0 Å². The van der Waals surface area contributed by atoms with E-state index in [2.05, 4.69) is 39.1 Å². The summed E-state index contributed by atoms with van der Waals surface area (Å²) in [4.78, 5) is 29.8. The Kier molecular flexibility index (Phi) is 8.04. The first kappa shape index (κ1) is 22.3. The number of aliphatic imine (C=N–C) groups is 1. The van der Waals surface area contributed by atoms with E-state index in [1.807, 2.05) is 35.2 Å². The number of guanidine groups is 1. The summed E-state index contributed by atoms with van der Waals surface area (Å²) in [5.74, 6) is 0.889. The number of rotatable bonds is 8. The Hall–Kier alpha value is -3.35. The third kappa shape index (κ3) is 6.57. The fourth-order valence-corrected chi connectivity index (χ4v) is 3.67. The summed E-state index contributed by atoms with van der Waals surface area (Å²) in [5, 5.41) is 9.30. The molecule has 0 spiro atoms. The maximum atomic E-state index is 11.9. The summed E-state index contributed by atoms with van der Waals surface area (Å²) >= 11 is 0. The highest BCUT2D eigenvalue weighted by Gasteiger charge is 2.19. The Balaban J connectivity index is 1.47. The molecule has 1 aliphatic rings. The van der Waals surface area contributed by atoms with E-state index in [0.29, 0.717) is 31.6 Å². The van der Waals surface area contributed by atoms with Crippen LogP contribution >= 0.6 is 0 Å². The fourth-order valence-electron chi connectivity index (χ4n) is 3.67. The Labute approximate surface area is 183 Å². The van der Waals surface area contributed by atoms with Crippen molar-refractivity contribution in [2.24, 2.45) is 4.99 Å². The standard InChI is InChI=1S/C24H31N5O2/c1-25-23(31)21-9-4-6-18(15-21)11-12-27-24(26-2)28-16-19-7-3-8-20(14-19)17-29-13-5-10-22(29)30/h3-4,6-9,14-15H,5,10-13,16-17H2,1-2H3,(H,25,31)(H2,26,27,28). The molecule has 0 radical (unpaired) electrons. The Morgan fingerprint density at radius 2 is 1.84 bits per heavy atom. The van der Waals surface area contributed by atoms with Gasteiger partial charge in [-0.05, 0) is 41.7 Å². The zero-order chi connectivity index (χ0) is 22.1. The lowest BCUT2D eigenvalue weighted by Gasteiger charge is -2.16. The van der Waals surface area contributed by atoms with Crippen LogP contribution in [0, 0.1) is 0 Å². The van der Waals surface area contributed by atoms with Gasteiger partial charge in [-0.1, -0.05) is 36.4 Å². The van der Waals surface area contributed by atoms with Crippen LogP contribution in [-0.4, -0.2) is 49.9 Å². The number of nitrogens with one attached hydrogen (secondary N) is 3. The molecule has 1 saturated heterocycles. The molecule has 0 aliphatic carbocycles. The van der Waals surface area contributed by atoms with Crippen LogP contribution in [0.2, 0.25) is 0 Å². The summed E-state index contributed by atoms with van der Waals surface area (Å²) in [5.41, 5.74) is 4.05. The van der Waals surface area contributed by atoms with Crippen molar-refractivity contribution in [3.63, 3.8) is 0 Å². The first-order valence-corrected chi connectivity index (χ1v) is 10.7. The quantitative estimate of drug-likeness (QED) is 0.450. The van der Waals surface area contributed by atoms with Crippen LogP contribution in [0.1, 0.15) is 39.9 Å². The number of likely N-dealkylation sites (tertiary alicyclic amines) is 1. The number of hydrogen-bond acceptors (Lipinski definition) is 3. The highest BCUT2D eigenvalue weighted by Crippen LogP contribution is 2.15. The van der Waals surface area contributed by atoms with Gasteiger partial charge in [-0.15, -0.1) is 0 Å². The molecule has 3 N–H and O–H groups in total. The maximum absolute atomic E-state index is 11.9. The summed E-state index contributed by atoms with van der Waals surface area (Å²) in [7, 11) is 3.38. The number of amides is 2. The predicted octanol–water partition coefficient (Wildman–Crippen LogP) is 2.08. The van der Waals surface area contributed by atoms with Crippen LogP contribution in [-0.2, 0) is 24.3 Å². The monoisotopic (exact) mass is 421 g/mol. The van der Waals surface area contributed by atoms with E-state index in [0.717, 1.165) is 42.0 Å². The predicted molar refractivity (Wildman–Crippen MR) is 123 cm³/mol. The van der Waals surface area contributed by atoms with Crippen molar-refractivity contribution in [1.82, 2.24) is 20.9 Å². The molecule has 2 amide bonds. The Morgan fingerprint density at radius 1 is 1.06 bits per heavy atom. The van der Waals surface area contributed by atoms with Gasteiger partial charge in [0.2, 0.25) is 5.91 Å². The molecule has 0 atom stereocenters. The normalized spacial score (nSPS) is 13.9. The van der Waals surface area contributed by atoms with Crippen molar-refractivity contribution in [3.8, 4) is 0 Å². The van der Waals surface area contributed by atoms with Gasteiger partial charge in [0.1, 0.15) is 0 Å². The number of carbonyl (C=O) groups is 2. The number of carbonyl (C=O) groups excluding carboxylic acids is 2. The molecule has 31 heavy (non-hydrogen) atoms. The van der Waals surface area contributed by atoms with Gasteiger partial charge in [0.15, 0.2) is 5.96 Å². The third-order valence-electron chi connectivity index (χ3n) is 5.34. The minimum absolute atomic E-state index is 0.0800. The van der Waals surface area contributed by atoms with Crippen molar-refractivity contribution < 1.29 is 9.59 Å². The molecule has 0 aromatic heterocycles. The van der Waals surface area contributed by atoms with Gasteiger partial charge < -0.3 is 20.9 Å². The fraction of sp³-hybridized carbons (Fsp3) is 0.375. The molecule has 1 aliphatic heterocycles. The second-order valence-electron chi connectivity index (χ2n) is 7.62. The SMILES string of the molecule is CN=C(NCCc1cccc(C(=O)NC)c1)NCc1cccc(CN2CCCC2=O)c1. The second-order valence-corrected chi connectivity index (χ2v) is 7.62. The molecule has 0 bridgehead atoms. The zero-order valence-electron chi connectivity index (χ0n) is 18.3. The first-order valence-electron chi connectivity index (χ1n) is 10.7. The molecule has 2 aromatic carbocycles. The highest BCUT2D eigenvalue weighted by molar-refractivity contribution is 5.94. The van der Waals surface area contributed by atoms with Crippen LogP contribution in [0.5, 0.6) is 0 Å². The van der Waals surface area contributed by atoms with Crippen LogP contribution in [0.15, 0.2) is 53.5 Å². The molecule has 7 heteroatoms. The number of hydrogen-bond donors (Lipinski definition) is 3. The van der Waals surface area contributed by atoms with Gasteiger partial charge in [0.25, 0.3) is 5.91 Å². The van der Waals surface area contributed by atoms with Gasteiger partial charge in [-0.3, -0.25) is 14.6 Å². The summed E-state index contributed by atoms with van der Waals surface area (Å²) in [6.45, 7) is 2.88.